The highest BCUT2D eigenvalue weighted by atomic mass is 32.2. The number of hydrogen-bond acceptors (Lipinski definition) is 3. The lowest BCUT2D eigenvalue weighted by molar-refractivity contribution is 0.309. The summed E-state index contributed by atoms with van der Waals surface area (Å²) in [6.45, 7) is 0.575. The number of imidazole rings is 1. The van der Waals surface area contributed by atoms with Crippen molar-refractivity contribution in [2.45, 2.75) is 23.7 Å². The van der Waals surface area contributed by atoms with Crippen molar-refractivity contribution in [1.29, 1.82) is 0 Å². The maximum absolute atomic E-state index is 13.3. The third kappa shape index (κ3) is 2.89. The van der Waals surface area contributed by atoms with Gasteiger partial charge in [-0.1, -0.05) is 0 Å². The fourth-order valence-electron chi connectivity index (χ4n) is 2.71. The minimum absolute atomic E-state index is 0.0445. The van der Waals surface area contributed by atoms with E-state index in [1.165, 1.54) is 4.31 Å². The molecule has 0 saturated carbocycles. The summed E-state index contributed by atoms with van der Waals surface area (Å²) in [4.78, 5) is 6.79. The van der Waals surface area contributed by atoms with Crippen molar-refractivity contribution < 1.29 is 17.2 Å². The van der Waals surface area contributed by atoms with Gasteiger partial charge in [0.1, 0.15) is 17.5 Å². The monoisotopic (exact) mass is 327 g/mol. The molecule has 0 bridgehead atoms. The Morgan fingerprint density at radius 1 is 1.23 bits per heavy atom. The SMILES string of the molecule is O=S(=O)(c1cc(F)cc(F)c1)N1CCC[C@@H](c2ncc[nH]2)C1. The predicted molar refractivity (Wildman–Crippen MR) is 75.7 cm³/mol. The average molecular weight is 327 g/mol. The number of piperidine rings is 1. The first-order chi connectivity index (χ1) is 10.5. The minimum atomic E-state index is -3.92. The van der Waals surface area contributed by atoms with Crippen LogP contribution < -0.4 is 0 Å². The number of benzene rings is 1. The lowest BCUT2D eigenvalue weighted by Gasteiger charge is -2.31. The topological polar surface area (TPSA) is 66.1 Å². The van der Waals surface area contributed by atoms with Crippen molar-refractivity contribution in [2.75, 3.05) is 13.1 Å². The molecule has 1 aromatic heterocycles. The van der Waals surface area contributed by atoms with Crippen molar-refractivity contribution >= 4 is 10.0 Å². The first-order valence-corrected chi connectivity index (χ1v) is 8.36. The highest BCUT2D eigenvalue weighted by Crippen LogP contribution is 2.29. The molecule has 1 saturated heterocycles. The number of H-pyrrole nitrogens is 1. The number of rotatable bonds is 3. The van der Waals surface area contributed by atoms with E-state index in [4.69, 9.17) is 0 Å². The Morgan fingerprint density at radius 2 is 1.95 bits per heavy atom. The molecule has 1 aliphatic rings. The summed E-state index contributed by atoms with van der Waals surface area (Å²) >= 11 is 0. The van der Waals surface area contributed by atoms with E-state index in [0.717, 1.165) is 24.4 Å². The Morgan fingerprint density at radius 3 is 2.59 bits per heavy atom. The van der Waals surface area contributed by atoms with E-state index in [9.17, 15) is 17.2 Å². The normalized spacial score (nSPS) is 20.2. The van der Waals surface area contributed by atoms with Gasteiger partial charge in [0.15, 0.2) is 0 Å². The van der Waals surface area contributed by atoms with E-state index in [0.29, 0.717) is 19.0 Å². The summed E-state index contributed by atoms with van der Waals surface area (Å²) in [6.07, 6.45) is 4.79. The van der Waals surface area contributed by atoms with Crippen LogP contribution in [0.25, 0.3) is 0 Å². The van der Waals surface area contributed by atoms with Crippen LogP contribution in [0.5, 0.6) is 0 Å². The zero-order chi connectivity index (χ0) is 15.7. The van der Waals surface area contributed by atoms with Crippen LogP contribution in [0.2, 0.25) is 0 Å². The summed E-state index contributed by atoms with van der Waals surface area (Å²) in [7, 11) is -3.92. The standard InChI is InChI=1S/C14H15F2N3O2S/c15-11-6-12(16)8-13(7-11)22(20,21)19-5-1-2-10(9-19)14-17-3-4-18-14/h3-4,6-8,10H,1-2,5,9H2,(H,17,18)/t10-/m1/s1. The predicted octanol–water partition coefficient (Wildman–Crippen LogP) is 2.26. The Kier molecular flexibility index (Phi) is 3.96. The van der Waals surface area contributed by atoms with E-state index in [1.54, 1.807) is 12.4 Å². The quantitative estimate of drug-likeness (QED) is 0.940. The van der Waals surface area contributed by atoms with E-state index < -0.39 is 21.7 Å². The molecule has 1 aromatic carbocycles. The molecule has 5 nitrogen and oxygen atoms in total. The van der Waals surface area contributed by atoms with Crippen LogP contribution in [0.1, 0.15) is 24.6 Å². The van der Waals surface area contributed by atoms with Crippen molar-refractivity contribution in [3.05, 3.63) is 48.1 Å². The molecule has 22 heavy (non-hydrogen) atoms. The molecule has 1 aliphatic heterocycles. The Labute approximate surface area is 127 Å². The molecule has 0 amide bonds. The highest BCUT2D eigenvalue weighted by molar-refractivity contribution is 7.89. The van der Waals surface area contributed by atoms with Crippen molar-refractivity contribution in [2.24, 2.45) is 0 Å². The van der Waals surface area contributed by atoms with Gasteiger partial charge < -0.3 is 4.98 Å². The van der Waals surface area contributed by atoms with Crippen LogP contribution in [0, 0.1) is 11.6 Å². The number of nitrogens with one attached hydrogen (secondary N) is 1. The summed E-state index contributed by atoms with van der Waals surface area (Å²) < 4.78 is 53.0. The van der Waals surface area contributed by atoms with Crippen molar-refractivity contribution in [3.63, 3.8) is 0 Å². The Bertz CT molecular complexity index is 742. The molecule has 0 unspecified atom stereocenters. The Hall–Kier alpha value is -1.80. The molecule has 1 atom stereocenters. The second-order valence-corrected chi connectivity index (χ2v) is 7.22. The number of aromatic amines is 1. The van der Waals surface area contributed by atoms with Crippen LogP contribution in [0.15, 0.2) is 35.5 Å². The molecule has 8 heteroatoms. The number of aromatic nitrogens is 2. The van der Waals surface area contributed by atoms with Gasteiger partial charge in [0, 0.05) is 37.5 Å². The van der Waals surface area contributed by atoms with Crippen LogP contribution in [-0.2, 0) is 10.0 Å². The van der Waals surface area contributed by atoms with E-state index in [-0.39, 0.29) is 17.4 Å². The van der Waals surface area contributed by atoms with E-state index in [1.807, 2.05) is 0 Å². The van der Waals surface area contributed by atoms with Gasteiger partial charge >= 0.3 is 0 Å². The zero-order valence-corrected chi connectivity index (χ0v) is 12.5. The molecule has 118 valence electrons. The number of hydrogen-bond donors (Lipinski definition) is 1. The highest BCUT2D eigenvalue weighted by Gasteiger charge is 2.32. The maximum atomic E-state index is 13.3. The molecule has 2 heterocycles. The summed E-state index contributed by atoms with van der Waals surface area (Å²) in [6, 6.07) is 2.34. The summed E-state index contributed by atoms with van der Waals surface area (Å²) in [5.74, 6) is -1.13. The first kappa shape index (κ1) is 15.1. The molecular formula is C14H15F2N3O2S. The molecule has 2 aromatic rings. The van der Waals surface area contributed by atoms with Crippen LogP contribution in [-0.4, -0.2) is 35.8 Å². The summed E-state index contributed by atoms with van der Waals surface area (Å²) in [5.41, 5.74) is 0. The Balaban J connectivity index is 1.88. The van der Waals surface area contributed by atoms with Gasteiger partial charge in [-0.3, -0.25) is 0 Å². The second kappa shape index (κ2) is 5.77. The maximum Gasteiger partial charge on any atom is 0.243 e. The molecule has 1 fully saturated rings. The fourth-order valence-corrected chi connectivity index (χ4v) is 4.28. The summed E-state index contributed by atoms with van der Waals surface area (Å²) in [5, 5.41) is 0. The number of nitrogens with zero attached hydrogens (tertiary/aromatic N) is 2. The van der Waals surface area contributed by atoms with Gasteiger partial charge in [-0.15, -0.1) is 0 Å². The fraction of sp³-hybridized carbons (Fsp3) is 0.357. The molecule has 1 N–H and O–H groups in total. The third-order valence-electron chi connectivity index (χ3n) is 3.76. The van der Waals surface area contributed by atoms with Gasteiger partial charge in [0.2, 0.25) is 10.0 Å². The average Bonchev–Trinajstić information content (AvgIpc) is 3.00. The van der Waals surface area contributed by atoms with Crippen LogP contribution in [0.3, 0.4) is 0 Å². The van der Waals surface area contributed by atoms with Crippen LogP contribution in [0.4, 0.5) is 8.78 Å². The van der Waals surface area contributed by atoms with Crippen molar-refractivity contribution in [3.8, 4) is 0 Å². The third-order valence-corrected chi connectivity index (χ3v) is 5.61. The van der Waals surface area contributed by atoms with Crippen LogP contribution >= 0.6 is 0 Å². The van der Waals surface area contributed by atoms with Crippen molar-refractivity contribution in [1.82, 2.24) is 14.3 Å². The molecule has 3 rings (SSSR count). The lowest BCUT2D eigenvalue weighted by atomic mass is 9.99. The molecule has 0 spiro atoms. The largest absolute Gasteiger partial charge is 0.348 e. The van der Waals surface area contributed by atoms with Gasteiger partial charge in [0.05, 0.1) is 4.90 Å². The van der Waals surface area contributed by atoms with E-state index in [2.05, 4.69) is 9.97 Å². The van der Waals surface area contributed by atoms with E-state index >= 15 is 0 Å². The number of sulfonamides is 1. The zero-order valence-electron chi connectivity index (χ0n) is 11.7. The minimum Gasteiger partial charge on any atom is -0.348 e. The first-order valence-electron chi connectivity index (χ1n) is 6.92. The van der Waals surface area contributed by atoms with Gasteiger partial charge in [-0.2, -0.15) is 4.31 Å². The smallest absolute Gasteiger partial charge is 0.243 e. The molecule has 0 aliphatic carbocycles. The van der Waals surface area contributed by atoms with Gasteiger partial charge in [-0.25, -0.2) is 22.2 Å². The van der Waals surface area contributed by atoms with Gasteiger partial charge in [0.25, 0.3) is 0 Å². The molecule has 0 radical (unpaired) electrons. The van der Waals surface area contributed by atoms with Gasteiger partial charge in [-0.05, 0) is 25.0 Å². The second-order valence-electron chi connectivity index (χ2n) is 5.28. The number of halogens is 2. The molecular weight excluding hydrogens is 312 g/mol. The lowest BCUT2D eigenvalue weighted by Crippen LogP contribution is -2.39.